The molecule has 1 saturated heterocycles. The molecule has 0 atom stereocenters. The van der Waals surface area contributed by atoms with E-state index in [-0.39, 0.29) is 115 Å². The zero-order chi connectivity index (χ0) is 21.1. The van der Waals surface area contributed by atoms with Gasteiger partial charge in [0.1, 0.15) is 0 Å². The van der Waals surface area contributed by atoms with Gasteiger partial charge in [0.2, 0.25) is 0 Å². The fourth-order valence-corrected chi connectivity index (χ4v) is 2.98. The predicted molar refractivity (Wildman–Crippen MR) is 118 cm³/mol. The van der Waals surface area contributed by atoms with E-state index in [9.17, 15) is 19.2 Å². The van der Waals surface area contributed by atoms with E-state index in [2.05, 4.69) is 0 Å². The second kappa shape index (κ2) is 20.1. The van der Waals surface area contributed by atoms with Gasteiger partial charge in [0, 0.05) is 52.4 Å². The van der Waals surface area contributed by atoms with Crippen LogP contribution in [0.25, 0.3) is 0 Å². The second-order valence-corrected chi connectivity index (χ2v) is 6.68. The molecule has 1 aliphatic heterocycles. The normalized spacial score (nSPS) is 17.5. The Morgan fingerprint density at radius 3 is 0.645 bits per heavy atom. The van der Waals surface area contributed by atoms with Crippen LogP contribution in [0.1, 0.15) is 0 Å². The van der Waals surface area contributed by atoms with Crippen LogP contribution in [0.5, 0.6) is 0 Å². The predicted octanol–water partition coefficient (Wildman–Crippen LogP) is -4.40. The minimum absolute atomic E-state index is 0. The van der Waals surface area contributed by atoms with Crippen molar-refractivity contribution in [2.45, 2.75) is 0 Å². The molecule has 1 heterocycles. The topological polar surface area (TPSA) is 162 Å². The van der Waals surface area contributed by atoms with Crippen molar-refractivity contribution in [3.8, 4) is 0 Å². The van der Waals surface area contributed by atoms with E-state index in [4.69, 9.17) is 20.4 Å². The van der Waals surface area contributed by atoms with E-state index in [0.29, 0.717) is 52.4 Å². The molecular weight excluding hydrogens is 445 g/mol. The van der Waals surface area contributed by atoms with Crippen molar-refractivity contribution < 1.29 is 39.6 Å². The van der Waals surface area contributed by atoms with Gasteiger partial charge in [0.25, 0.3) is 0 Å². The van der Waals surface area contributed by atoms with Crippen molar-refractivity contribution in [1.82, 2.24) is 19.6 Å². The van der Waals surface area contributed by atoms with Crippen LogP contribution in [0.2, 0.25) is 0 Å². The van der Waals surface area contributed by atoms with Gasteiger partial charge in [-0.25, -0.2) is 0 Å². The molecule has 1 rings (SSSR count). The summed E-state index contributed by atoms with van der Waals surface area (Å²) in [5.41, 5.74) is 0. The van der Waals surface area contributed by atoms with E-state index in [0.717, 1.165) is 0 Å². The summed E-state index contributed by atoms with van der Waals surface area (Å²) < 4.78 is 0. The Labute approximate surface area is 247 Å². The fraction of sp³-hybridized carbons (Fsp3) is 0.750. The molecule has 0 aromatic heterocycles. The molecule has 0 bridgehead atoms. The van der Waals surface area contributed by atoms with Gasteiger partial charge in [-0.2, -0.15) is 0 Å². The van der Waals surface area contributed by atoms with Gasteiger partial charge in [-0.05, 0) is 0 Å². The zero-order valence-electron chi connectivity index (χ0n) is 15.7. The van der Waals surface area contributed by atoms with Crippen molar-refractivity contribution >= 4 is 113 Å². The number of carboxylic acids is 4. The van der Waals surface area contributed by atoms with Crippen LogP contribution in [0.3, 0.4) is 0 Å². The molecule has 0 amide bonds. The molecular formula is C16H31N4Na3O8. The van der Waals surface area contributed by atoms with Crippen LogP contribution in [-0.2, 0) is 19.2 Å². The first-order valence-electron chi connectivity index (χ1n) is 8.92. The van der Waals surface area contributed by atoms with Gasteiger partial charge in [0.05, 0.1) is 26.2 Å². The second-order valence-electron chi connectivity index (χ2n) is 6.68. The Kier molecular flexibility index (Phi) is 23.6. The molecule has 0 aromatic carbocycles. The van der Waals surface area contributed by atoms with Crippen LogP contribution in [0.15, 0.2) is 0 Å². The molecule has 166 valence electrons. The molecule has 0 unspecified atom stereocenters. The van der Waals surface area contributed by atoms with E-state index < -0.39 is 23.9 Å². The fourth-order valence-electron chi connectivity index (χ4n) is 2.98. The third-order valence-corrected chi connectivity index (χ3v) is 4.37. The molecule has 4 N–H and O–H groups in total. The Bertz CT molecular complexity index is 461. The van der Waals surface area contributed by atoms with Crippen LogP contribution >= 0.6 is 0 Å². The van der Waals surface area contributed by atoms with Gasteiger partial charge in [-0.15, -0.1) is 0 Å². The number of carbonyl (C=O) groups is 4. The van der Waals surface area contributed by atoms with Crippen molar-refractivity contribution in [3.05, 3.63) is 0 Å². The zero-order valence-corrected chi connectivity index (χ0v) is 15.7. The first-order chi connectivity index (χ1) is 13.2. The number of hydrogen-bond donors (Lipinski definition) is 4. The molecule has 0 radical (unpaired) electrons. The van der Waals surface area contributed by atoms with Crippen LogP contribution < -0.4 is 0 Å². The number of rotatable bonds is 8. The van der Waals surface area contributed by atoms with Crippen LogP contribution in [-0.4, -0.2) is 231 Å². The quantitative estimate of drug-likeness (QED) is 0.249. The SMILES string of the molecule is O=C(O)CN1CCN(CC(=O)O)CCN(CC(=O)O)CCN(CC(=O)O)CC1.[NaH].[NaH].[NaH]. The standard InChI is InChI=1S/C16H28N4O8.3Na.3H/c21-13(22)9-17-1-2-18(10-14(23)24)5-6-20(12-16(27)28)8-7-19(4-3-17)11-15(25)26;;;;;;/h1-12H2,(H,21,22)(H,23,24)(H,25,26)(H,27,28);;;;;;. The van der Waals surface area contributed by atoms with E-state index in [1.54, 1.807) is 19.6 Å². The van der Waals surface area contributed by atoms with Gasteiger partial charge in [-0.3, -0.25) is 38.8 Å². The summed E-state index contributed by atoms with van der Waals surface area (Å²) in [5, 5.41) is 36.3. The average Bonchev–Trinajstić information content (AvgIpc) is 2.55. The van der Waals surface area contributed by atoms with Gasteiger partial charge in [0.15, 0.2) is 0 Å². The maximum absolute atomic E-state index is 11.1. The first kappa shape index (κ1) is 36.3. The summed E-state index contributed by atoms with van der Waals surface area (Å²) in [6.45, 7) is 1.52. The molecule has 15 heteroatoms. The van der Waals surface area contributed by atoms with Crippen LogP contribution in [0, 0.1) is 0 Å². The molecule has 1 aliphatic rings. The molecule has 0 spiro atoms. The number of nitrogens with zero attached hydrogens (tertiary/aromatic N) is 4. The van der Waals surface area contributed by atoms with Crippen molar-refractivity contribution in [3.63, 3.8) is 0 Å². The summed E-state index contributed by atoms with van der Waals surface area (Å²) in [4.78, 5) is 50.9. The summed E-state index contributed by atoms with van der Waals surface area (Å²) >= 11 is 0. The van der Waals surface area contributed by atoms with E-state index in [1.807, 2.05) is 0 Å². The Morgan fingerprint density at radius 2 is 0.548 bits per heavy atom. The Balaban J connectivity index is -0.00000261. The van der Waals surface area contributed by atoms with Gasteiger partial charge < -0.3 is 20.4 Å². The van der Waals surface area contributed by atoms with Crippen LogP contribution in [0.4, 0.5) is 0 Å². The number of aliphatic carboxylic acids is 4. The monoisotopic (exact) mass is 476 g/mol. The third-order valence-electron chi connectivity index (χ3n) is 4.37. The molecule has 12 nitrogen and oxygen atoms in total. The van der Waals surface area contributed by atoms with Crippen molar-refractivity contribution in [2.24, 2.45) is 0 Å². The summed E-state index contributed by atoms with van der Waals surface area (Å²) in [5.74, 6) is -4.08. The molecule has 0 aliphatic carbocycles. The summed E-state index contributed by atoms with van der Waals surface area (Å²) in [6, 6.07) is 0. The number of carboxylic acid groups (broad SMARTS) is 4. The Morgan fingerprint density at radius 1 is 0.419 bits per heavy atom. The van der Waals surface area contributed by atoms with Crippen molar-refractivity contribution in [1.29, 1.82) is 0 Å². The Hall–Kier alpha value is 0.720. The molecule has 31 heavy (non-hydrogen) atoms. The summed E-state index contributed by atoms with van der Waals surface area (Å²) in [7, 11) is 0. The van der Waals surface area contributed by atoms with Gasteiger partial charge >= 0.3 is 113 Å². The average molecular weight is 476 g/mol. The van der Waals surface area contributed by atoms with E-state index >= 15 is 0 Å². The van der Waals surface area contributed by atoms with Gasteiger partial charge in [-0.1, -0.05) is 0 Å². The minimum atomic E-state index is -1.02. The molecule has 0 saturated carbocycles. The molecule has 0 aromatic rings. The maximum atomic E-state index is 11.1. The van der Waals surface area contributed by atoms with Crippen molar-refractivity contribution in [2.75, 3.05) is 78.5 Å². The third kappa shape index (κ3) is 18.8. The molecule has 1 fully saturated rings. The summed E-state index contributed by atoms with van der Waals surface area (Å²) in [6.07, 6.45) is 0. The number of hydrogen-bond acceptors (Lipinski definition) is 8. The van der Waals surface area contributed by atoms with E-state index in [1.165, 1.54) is 0 Å². The first-order valence-corrected chi connectivity index (χ1v) is 8.92.